The van der Waals surface area contributed by atoms with Crippen molar-refractivity contribution in [1.82, 2.24) is 55.6 Å². The number of allylic oxidation sites excluding steroid dienone is 2. The third kappa shape index (κ3) is 23.6. The van der Waals surface area contributed by atoms with Crippen LogP contribution in [0.1, 0.15) is 157 Å². The first-order valence-electron chi connectivity index (χ1n) is 32.7. The molecule has 0 unspecified atom stereocenters. The Morgan fingerprint density at radius 2 is 0.780 bits per heavy atom. The molecule has 91 heavy (non-hydrogen) atoms. The van der Waals surface area contributed by atoms with Crippen LogP contribution in [0.2, 0.25) is 0 Å². The monoisotopic (exact) mass is 1300 g/mol. The highest BCUT2D eigenvalue weighted by Crippen LogP contribution is 2.27. The van der Waals surface area contributed by atoms with E-state index in [1.165, 1.54) is 104 Å². The van der Waals surface area contributed by atoms with Gasteiger partial charge in [0.25, 0.3) is 0 Å². The van der Waals surface area contributed by atoms with Crippen LogP contribution in [0.4, 0.5) is 0 Å². The third-order valence-corrected chi connectivity index (χ3v) is 18.2. The molecule has 11 amide bonds. The normalized spacial score (nSPS) is 26.8. The lowest BCUT2D eigenvalue weighted by atomic mass is 9.91. The van der Waals surface area contributed by atoms with Crippen LogP contribution in [0.25, 0.3) is 0 Å². The van der Waals surface area contributed by atoms with E-state index in [0.717, 1.165) is 4.90 Å². The average molecular weight is 1310 g/mol. The van der Waals surface area contributed by atoms with Gasteiger partial charge in [0.15, 0.2) is 0 Å². The average Bonchev–Trinajstić information content (AvgIpc) is 0.969. The van der Waals surface area contributed by atoms with Gasteiger partial charge in [0.2, 0.25) is 65.0 Å². The van der Waals surface area contributed by atoms with Gasteiger partial charge in [-0.3, -0.25) is 52.7 Å². The summed E-state index contributed by atoms with van der Waals surface area (Å²) in [5, 5.41) is 23.5. The maximum Gasteiger partial charge on any atom is 0.246 e. The quantitative estimate of drug-likeness (QED) is 0.0796. The van der Waals surface area contributed by atoms with Crippen molar-refractivity contribution in [3.8, 4) is 0 Å². The highest BCUT2D eigenvalue weighted by atomic mass is 32.2. The topological polar surface area (TPSA) is 305 Å². The summed E-state index contributed by atoms with van der Waals surface area (Å²) in [6.07, 6.45) is 2.93. The number of carbonyl (C=O) groups excluding carboxylic acids is 11. The van der Waals surface area contributed by atoms with Crippen molar-refractivity contribution in [1.29, 1.82) is 0 Å². The first-order valence-corrected chi connectivity index (χ1v) is 33.9. The Labute approximate surface area is 549 Å². The molecule has 1 saturated heterocycles. The van der Waals surface area contributed by atoms with Crippen molar-refractivity contribution in [2.45, 2.75) is 229 Å². The SMILES string of the molecule is C/C=C/C[C@@H](C)[C@@H](O)[C@@H]1C(=O)N[C@H](C(C)C)C(=O)N(C)[C@H](CSCCN)C(=O)N(C)[C@@H](CC(C)C)C(=O)N[C@H](C(C)C)C(=O)N(C)[C@H](CC(C)C)C(=O)N[C@H](C)C(=O)N[C@@H](C)C(=O)N(C)[C@H](CC(C)C)C(=O)N(C)[C@H](CC(C)C)C(=O)N(C)[C@H](C(C)C)C(=O)N1C. The van der Waals surface area contributed by atoms with E-state index >= 15 is 28.8 Å². The second-order valence-corrected chi connectivity index (χ2v) is 29.1. The van der Waals surface area contributed by atoms with E-state index < -0.39 is 161 Å². The third-order valence-electron chi connectivity index (χ3n) is 17.1. The molecular formula is C66H120N12O12S. The number of carbonyl (C=O) groups is 11. The minimum Gasteiger partial charge on any atom is -0.390 e. The molecule has 0 aromatic rings. The number of likely N-dealkylation sites (N-methyl/N-ethyl adjacent to an activating group) is 7. The summed E-state index contributed by atoms with van der Waals surface area (Å²) in [4.78, 5) is 172. The molecule has 0 aliphatic carbocycles. The lowest BCUT2D eigenvalue weighted by Gasteiger charge is -2.42. The highest BCUT2D eigenvalue weighted by molar-refractivity contribution is 7.99. The Hall–Kier alpha value is -5.82. The summed E-state index contributed by atoms with van der Waals surface area (Å²) in [6.45, 7) is 31.9. The molecule has 522 valence electrons. The molecule has 0 radical (unpaired) electrons. The number of nitrogens with two attached hydrogens (primary N) is 1. The summed E-state index contributed by atoms with van der Waals surface area (Å²) in [6, 6.07) is -13.9. The van der Waals surface area contributed by atoms with Gasteiger partial charge in [0, 0.05) is 67.4 Å². The molecule has 1 fully saturated rings. The Morgan fingerprint density at radius 1 is 0.429 bits per heavy atom. The number of aliphatic hydroxyl groups excluding tert-OH is 1. The fourth-order valence-electron chi connectivity index (χ4n) is 11.4. The van der Waals surface area contributed by atoms with E-state index in [4.69, 9.17) is 5.73 Å². The number of nitrogens with zero attached hydrogens (tertiary/aromatic N) is 7. The van der Waals surface area contributed by atoms with E-state index in [0.29, 0.717) is 12.2 Å². The molecule has 1 aliphatic heterocycles. The van der Waals surface area contributed by atoms with E-state index in [1.54, 1.807) is 61.5 Å². The molecule has 0 saturated carbocycles. The molecule has 24 nitrogen and oxygen atoms in total. The minimum atomic E-state index is -1.65. The minimum absolute atomic E-state index is 0.0213. The second-order valence-electron chi connectivity index (χ2n) is 27.9. The first-order chi connectivity index (χ1) is 42.0. The summed E-state index contributed by atoms with van der Waals surface area (Å²) >= 11 is 1.30. The van der Waals surface area contributed by atoms with Crippen molar-refractivity contribution >= 4 is 76.7 Å². The highest BCUT2D eigenvalue weighted by Gasteiger charge is 2.47. The molecule has 0 bridgehead atoms. The molecule has 13 atom stereocenters. The largest absolute Gasteiger partial charge is 0.390 e. The van der Waals surface area contributed by atoms with Gasteiger partial charge >= 0.3 is 0 Å². The fourth-order valence-corrected chi connectivity index (χ4v) is 12.3. The number of hydrogen-bond acceptors (Lipinski definition) is 14. The van der Waals surface area contributed by atoms with Crippen LogP contribution >= 0.6 is 11.8 Å². The van der Waals surface area contributed by atoms with Gasteiger partial charge in [-0.25, -0.2) is 0 Å². The number of aliphatic hydroxyl groups is 1. The summed E-state index contributed by atoms with van der Waals surface area (Å²) < 4.78 is 0. The van der Waals surface area contributed by atoms with Crippen LogP contribution in [-0.2, 0) is 52.7 Å². The Bertz CT molecular complexity index is 2480. The van der Waals surface area contributed by atoms with Crippen LogP contribution in [-0.4, -0.2) is 244 Å². The van der Waals surface area contributed by atoms with E-state index in [1.807, 2.05) is 61.5 Å². The first kappa shape index (κ1) is 83.2. The summed E-state index contributed by atoms with van der Waals surface area (Å²) in [5.41, 5.74) is 5.93. The zero-order valence-electron chi connectivity index (χ0n) is 59.9. The number of thioether (sulfide) groups is 1. The predicted octanol–water partition coefficient (Wildman–Crippen LogP) is 3.58. The molecule has 0 spiro atoms. The van der Waals surface area contributed by atoms with Gasteiger partial charge in [-0.15, -0.1) is 0 Å². The van der Waals surface area contributed by atoms with E-state index in [-0.39, 0.29) is 61.7 Å². The Morgan fingerprint density at radius 3 is 1.20 bits per heavy atom. The number of amides is 11. The zero-order valence-corrected chi connectivity index (χ0v) is 60.7. The van der Waals surface area contributed by atoms with Gasteiger partial charge in [-0.05, 0) is 100 Å². The molecular weight excluding hydrogens is 1180 g/mol. The molecule has 25 heteroatoms. The van der Waals surface area contributed by atoms with Crippen molar-refractivity contribution < 1.29 is 57.8 Å². The summed E-state index contributed by atoms with van der Waals surface area (Å²) in [5.74, 6) is -10.1. The Kier molecular flexibility index (Phi) is 35.1. The standard InChI is InChI=1S/C66H120N12O12S/c1-26-27-28-43(16)55(79)54-59(83)71-52(41(12)13)65(89)76(23)50(35-91-30-29-67)63(87)72(19)47(32-37(4)5)58(82)70-51(40(10)11)64(88)73(20)46(31-36(2)3)57(81)68-44(17)56(80)69-45(18)60(84)74(21)48(33-38(6)7)61(85)75(22)49(34-39(8)9)62(86)77(24)53(42(14)15)66(90)78(54)25/h26-27,36-55,79H,28-35,67H2,1-25H3,(H,68,81)(H,69,80)(H,70,82)(H,71,83)/b27-26+/t43-,44-,45+,46-,47+,48-,49-,50-,51-,52-,53-,54-,55-/m1/s1. The van der Waals surface area contributed by atoms with E-state index in [2.05, 4.69) is 21.3 Å². The molecule has 0 aromatic heterocycles. The maximum atomic E-state index is 15.4. The van der Waals surface area contributed by atoms with Crippen LogP contribution in [0.15, 0.2) is 12.2 Å². The van der Waals surface area contributed by atoms with Crippen molar-refractivity contribution in [2.24, 2.45) is 53.1 Å². The molecule has 1 aliphatic rings. The predicted molar refractivity (Wildman–Crippen MR) is 358 cm³/mol. The maximum absolute atomic E-state index is 15.4. The molecule has 1 rings (SSSR count). The molecule has 7 N–H and O–H groups in total. The lowest BCUT2D eigenvalue weighted by Crippen LogP contribution is -2.64. The number of nitrogens with one attached hydrogen (secondary N) is 4. The van der Waals surface area contributed by atoms with Gasteiger partial charge < -0.3 is 66.4 Å². The Balaban J connectivity index is 4.55. The second kappa shape index (κ2) is 38.4. The lowest BCUT2D eigenvalue weighted by molar-refractivity contribution is -0.157. The smallest absolute Gasteiger partial charge is 0.246 e. The zero-order chi connectivity index (χ0) is 70.5. The van der Waals surface area contributed by atoms with Crippen molar-refractivity contribution in [2.75, 3.05) is 67.4 Å². The number of rotatable bonds is 19. The van der Waals surface area contributed by atoms with Crippen LogP contribution in [0, 0.1) is 47.3 Å². The van der Waals surface area contributed by atoms with Crippen LogP contribution in [0.5, 0.6) is 0 Å². The van der Waals surface area contributed by atoms with Crippen molar-refractivity contribution in [3.63, 3.8) is 0 Å². The van der Waals surface area contributed by atoms with Crippen molar-refractivity contribution in [3.05, 3.63) is 12.2 Å². The van der Waals surface area contributed by atoms with Crippen LogP contribution < -0.4 is 27.0 Å². The molecule has 1 heterocycles. The van der Waals surface area contributed by atoms with Gasteiger partial charge in [0.1, 0.15) is 66.5 Å². The van der Waals surface area contributed by atoms with Crippen LogP contribution in [0.3, 0.4) is 0 Å². The molecule has 0 aromatic carbocycles. The van der Waals surface area contributed by atoms with E-state index in [9.17, 15) is 29.1 Å². The summed E-state index contributed by atoms with van der Waals surface area (Å²) in [7, 11) is 10.0. The fraction of sp³-hybridized carbons (Fsp3) is 0.803. The van der Waals surface area contributed by atoms with Gasteiger partial charge in [0.05, 0.1) is 6.10 Å². The van der Waals surface area contributed by atoms with Gasteiger partial charge in [-0.1, -0.05) is 116 Å². The number of hydrogen-bond donors (Lipinski definition) is 6. The van der Waals surface area contributed by atoms with Gasteiger partial charge in [-0.2, -0.15) is 11.8 Å².